The van der Waals surface area contributed by atoms with Crippen LogP contribution in [0.25, 0.3) is 0 Å². The number of hydrogen-bond acceptors (Lipinski definition) is 2. The Morgan fingerprint density at radius 2 is 1.87 bits per heavy atom. The molecule has 1 saturated heterocycles. The third kappa shape index (κ3) is 4.98. The van der Waals surface area contributed by atoms with Crippen LogP contribution in [-0.2, 0) is 0 Å². The van der Waals surface area contributed by atoms with Crippen molar-refractivity contribution >= 4 is 0 Å². The van der Waals surface area contributed by atoms with Gasteiger partial charge in [0.05, 0.1) is 6.10 Å². The van der Waals surface area contributed by atoms with Gasteiger partial charge in [0.2, 0.25) is 0 Å². The predicted molar refractivity (Wildman–Crippen MR) is 65.0 cm³/mol. The van der Waals surface area contributed by atoms with Crippen molar-refractivity contribution in [2.45, 2.75) is 58.5 Å². The van der Waals surface area contributed by atoms with Crippen molar-refractivity contribution in [1.82, 2.24) is 4.90 Å². The van der Waals surface area contributed by atoms with Crippen molar-refractivity contribution in [3.05, 3.63) is 0 Å². The van der Waals surface area contributed by atoms with Gasteiger partial charge in [-0.25, -0.2) is 0 Å². The molecule has 0 radical (unpaired) electrons. The highest BCUT2D eigenvalue weighted by atomic mass is 16.3. The van der Waals surface area contributed by atoms with Crippen molar-refractivity contribution < 1.29 is 5.11 Å². The SMILES string of the molecule is CCCC(CCC)CCN1CC[C@@H](O)C1. The molecule has 1 heterocycles. The van der Waals surface area contributed by atoms with Crippen LogP contribution in [0.5, 0.6) is 0 Å². The summed E-state index contributed by atoms with van der Waals surface area (Å²) < 4.78 is 0. The Bertz CT molecular complexity index is 155. The smallest absolute Gasteiger partial charge is 0.0679 e. The van der Waals surface area contributed by atoms with Crippen LogP contribution in [0.3, 0.4) is 0 Å². The maximum absolute atomic E-state index is 9.43. The van der Waals surface area contributed by atoms with E-state index in [9.17, 15) is 5.11 Å². The van der Waals surface area contributed by atoms with Gasteiger partial charge in [-0.3, -0.25) is 0 Å². The molecule has 1 atom stereocenters. The fourth-order valence-corrected chi connectivity index (χ4v) is 2.63. The molecule has 0 unspecified atom stereocenters. The van der Waals surface area contributed by atoms with Crippen LogP contribution in [0.4, 0.5) is 0 Å². The van der Waals surface area contributed by atoms with Crippen LogP contribution in [0.2, 0.25) is 0 Å². The lowest BCUT2D eigenvalue weighted by atomic mass is 9.95. The van der Waals surface area contributed by atoms with Crippen LogP contribution in [-0.4, -0.2) is 35.7 Å². The minimum atomic E-state index is -0.0548. The van der Waals surface area contributed by atoms with Gasteiger partial charge in [-0.1, -0.05) is 39.5 Å². The summed E-state index contributed by atoms with van der Waals surface area (Å²) in [6.45, 7) is 7.77. The third-order valence-corrected chi connectivity index (χ3v) is 3.49. The first-order chi connectivity index (χ1) is 7.26. The maximum atomic E-state index is 9.43. The van der Waals surface area contributed by atoms with Crippen molar-refractivity contribution in [2.24, 2.45) is 5.92 Å². The van der Waals surface area contributed by atoms with Crippen molar-refractivity contribution in [3.63, 3.8) is 0 Å². The summed E-state index contributed by atoms with van der Waals surface area (Å²) in [5.74, 6) is 0.915. The Labute approximate surface area is 94.7 Å². The van der Waals surface area contributed by atoms with Gasteiger partial charge in [0.1, 0.15) is 0 Å². The molecule has 1 fully saturated rings. The van der Waals surface area contributed by atoms with E-state index in [-0.39, 0.29) is 6.10 Å². The van der Waals surface area contributed by atoms with E-state index < -0.39 is 0 Å². The summed E-state index contributed by atoms with van der Waals surface area (Å²) >= 11 is 0. The number of aliphatic hydroxyl groups excluding tert-OH is 1. The van der Waals surface area contributed by atoms with E-state index >= 15 is 0 Å². The number of hydrogen-bond donors (Lipinski definition) is 1. The molecule has 1 N–H and O–H groups in total. The molecular formula is C13H27NO. The van der Waals surface area contributed by atoms with Gasteiger partial charge in [-0.2, -0.15) is 0 Å². The molecule has 15 heavy (non-hydrogen) atoms. The van der Waals surface area contributed by atoms with E-state index in [2.05, 4.69) is 18.7 Å². The number of β-amino-alcohol motifs (C(OH)–C–C–N with tert-alkyl or cyclic N) is 1. The maximum Gasteiger partial charge on any atom is 0.0679 e. The molecule has 90 valence electrons. The fourth-order valence-electron chi connectivity index (χ4n) is 2.63. The normalized spacial score (nSPS) is 22.8. The minimum absolute atomic E-state index is 0.0548. The summed E-state index contributed by atoms with van der Waals surface area (Å²) in [5, 5.41) is 9.43. The monoisotopic (exact) mass is 213 g/mol. The molecule has 0 amide bonds. The third-order valence-electron chi connectivity index (χ3n) is 3.49. The average Bonchev–Trinajstić information content (AvgIpc) is 2.61. The molecule has 0 aromatic carbocycles. The highest BCUT2D eigenvalue weighted by Gasteiger charge is 2.20. The standard InChI is InChI=1S/C13H27NO/c1-3-5-12(6-4-2)7-9-14-10-8-13(15)11-14/h12-13,15H,3-11H2,1-2H3/t13-/m1/s1. The molecule has 0 spiro atoms. The molecule has 0 aliphatic carbocycles. The average molecular weight is 213 g/mol. The Morgan fingerprint density at radius 1 is 1.20 bits per heavy atom. The Morgan fingerprint density at radius 3 is 2.33 bits per heavy atom. The van der Waals surface area contributed by atoms with E-state index in [1.54, 1.807) is 0 Å². The molecular weight excluding hydrogens is 186 g/mol. The summed E-state index contributed by atoms with van der Waals surface area (Å²) in [6.07, 6.45) is 7.64. The topological polar surface area (TPSA) is 23.5 Å². The fraction of sp³-hybridized carbons (Fsp3) is 1.00. The Kier molecular flexibility index (Phi) is 6.26. The van der Waals surface area contributed by atoms with Gasteiger partial charge >= 0.3 is 0 Å². The summed E-state index contributed by atoms with van der Waals surface area (Å²) in [6, 6.07) is 0. The molecule has 0 aromatic heterocycles. The lowest BCUT2D eigenvalue weighted by Crippen LogP contribution is -2.24. The van der Waals surface area contributed by atoms with Crippen molar-refractivity contribution in [1.29, 1.82) is 0 Å². The van der Waals surface area contributed by atoms with Gasteiger partial charge in [0.25, 0.3) is 0 Å². The highest BCUT2D eigenvalue weighted by molar-refractivity contribution is 4.75. The summed E-state index contributed by atoms with van der Waals surface area (Å²) in [4.78, 5) is 2.42. The van der Waals surface area contributed by atoms with Gasteiger partial charge < -0.3 is 10.0 Å². The van der Waals surface area contributed by atoms with E-state index in [4.69, 9.17) is 0 Å². The molecule has 2 nitrogen and oxygen atoms in total. The van der Waals surface area contributed by atoms with Gasteiger partial charge in [0.15, 0.2) is 0 Å². The van der Waals surface area contributed by atoms with Gasteiger partial charge in [-0.15, -0.1) is 0 Å². The van der Waals surface area contributed by atoms with Crippen LogP contribution < -0.4 is 0 Å². The van der Waals surface area contributed by atoms with E-state index in [1.807, 2.05) is 0 Å². The first-order valence-corrected chi connectivity index (χ1v) is 6.66. The number of nitrogens with zero attached hydrogens (tertiary/aromatic N) is 1. The lowest BCUT2D eigenvalue weighted by molar-refractivity contribution is 0.173. The van der Waals surface area contributed by atoms with Gasteiger partial charge in [0, 0.05) is 13.1 Å². The Balaban J connectivity index is 2.15. The number of likely N-dealkylation sites (tertiary alicyclic amines) is 1. The highest BCUT2D eigenvalue weighted by Crippen LogP contribution is 2.19. The molecule has 0 saturated carbocycles. The van der Waals surface area contributed by atoms with E-state index in [0.29, 0.717) is 0 Å². The molecule has 0 bridgehead atoms. The zero-order chi connectivity index (χ0) is 11.1. The molecule has 1 aliphatic heterocycles. The lowest BCUT2D eigenvalue weighted by Gasteiger charge is -2.20. The molecule has 1 rings (SSSR count). The van der Waals surface area contributed by atoms with E-state index in [1.165, 1.54) is 38.6 Å². The first-order valence-electron chi connectivity index (χ1n) is 6.66. The summed E-state index contributed by atoms with van der Waals surface area (Å²) in [5.41, 5.74) is 0. The predicted octanol–water partition coefficient (Wildman–Crippen LogP) is 2.66. The second-order valence-electron chi connectivity index (χ2n) is 4.98. The van der Waals surface area contributed by atoms with Crippen LogP contribution >= 0.6 is 0 Å². The minimum Gasteiger partial charge on any atom is -0.392 e. The van der Waals surface area contributed by atoms with Crippen molar-refractivity contribution in [3.8, 4) is 0 Å². The number of aliphatic hydroxyl groups is 1. The zero-order valence-corrected chi connectivity index (χ0v) is 10.4. The Hall–Kier alpha value is -0.0800. The second-order valence-corrected chi connectivity index (χ2v) is 4.98. The van der Waals surface area contributed by atoms with E-state index in [0.717, 1.165) is 25.4 Å². The number of rotatable bonds is 7. The second kappa shape index (κ2) is 7.24. The quantitative estimate of drug-likeness (QED) is 0.703. The molecule has 1 aliphatic rings. The van der Waals surface area contributed by atoms with Crippen LogP contribution in [0.1, 0.15) is 52.4 Å². The molecule has 0 aromatic rings. The van der Waals surface area contributed by atoms with Crippen LogP contribution in [0, 0.1) is 5.92 Å². The zero-order valence-electron chi connectivity index (χ0n) is 10.4. The first kappa shape index (κ1) is 13.0. The summed E-state index contributed by atoms with van der Waals surface area (Å²) in [7, 11) is 0. The molecule has 2 heteroatoms. The van der Waals surface area contributed by atoms with Crippen molar-refractivity contribution in [2.75, 3.05) is 19.6 Å². The largest absolute Gasteiger partial charge is 0.392 e. The van der Waals surface area contributed by atoms with Crippen LogP contribution in [0.15, 0.2) is 0 Å². The van der Waals surface area contributed by atoms with Gasteiger partial charge in [-0.05, 0) is 25.3 Å².